The third-order valence-corrected chi connectivity index (χ3v) is 1.95. The summed E-state index contributed by atoms with van der Waals surface area (Å²) in [5.41, 5.74) is 0.126. The van der Waals surface area contributed by atoms with Gasteiger partial charge in [-0.3, -0.25) is 0 Å². The monoisotopic (exact) mass is 204 g/mol. The van der Waals surface area contributed by atoms with Gasteiger partial charge < -0.3 is 10.2 Å². The molecule has 0 aliphatic rings. The summed E-state index contributed by atoms with van der Waals surface area (Å²) >= 11 is 5.62. The molecule has 2 N–H and O–H groups in total. The van der Waals surface area contributed by atoms with Crippen molar-refractivity contribution in [2.45, 2.75) is 12.5 Å². The number of benzene rings is 1. The molecule has 0 amide bonds. The molecule has 0 aromatic heterocycles. The molecule has 0 saturated carbocycles. The topological polar surface area (TPSA) is 40.5 Å². The molecule has 0 fully saturated rings. The minimum atomic E-state index is -0.997. The maximum Gasteiger partial charge on any atom is 0.129 e. The number of hydrogen-bond acceptors (Lipinski definition) is 2. The summed E-state index contributed by atoms with van der Waals surface area (Å²) in [6.45, 7) is -0.187. The van der Waals surface area contributed by atoms with E-state index in [9.17, 15) is 9.50 Å². The molecule has 13 heavy (non-hydrogen) atoms. The van der Waals surface area contributed by atoms with Gasteiger partial charge in [0.2, 0.25) is 0 Å². The Hall–Kier alpha value is -0.640. The number of aliphatic hydroxyl groups is 2. The van der Waals surface area contributed by atoms with Gasteiger partial charge in [-0.1, -0.05) is 11.6 Å². The van der Waals surface area contributed by atoms with E-state index in [-0.39, 0.29) is 18.6 Å². The largest absolute Gasteiger partial charge is 0.396 e. The molecule has 1 aromatic carbocycles. The van der Waals surface area contributed by atoms with Gasteiger partial charge in [0.15, 0.2) is 0 Å². The van der Waals surface area contributed by atoms with Gasteiger partial charge in [-0.25, -0.2) is 4.39 Å². The molecule has 0 radical (unpaired) electrons. The molecule has 1 unspecified atom stereocenters. The van der Waals surface area contributed by atoms with E-state index in [0.717, 1.165) is 0 Å². The number of aliphatic hydroxyl groups excluding tert-OH is 2. The zero-order chi connectivity index (χ0) is 9.84. The van der Waals surface area contributed by atoms with Gasteiger partial charge in [0.05, 0.1) is 6.10 Å². The lowest BCUT2D eigenvalue weighted by Crippen LogP contribution is -2.02. The lowest BCUT2D eigenvalue weighted by molar-refractivity contribution is 0.131. The van der Waals surface area contributed by atoms with Gasteiger partial charge in [0.25, 0.3) is 0 Å². The van der Waals surface area contributed by atoms with E-state index in [4.69, 9.17) is 16.7 Å². The Balaban J connectivity index is 2.91. The molecule has 1 aromatic rings. The average Bonchev–Trinajstić information content (AvgIpc) is 2.09. The van der Waals surface area contributed by atoms with Crippen molar-refractivity contribution in [1.29, 1.82) is 0 Å². The summed E-state index contributed by atoms with van der Waals surface area (Å²) in [6, 6.07) is 3.96. The van der Waals surface area contributed by atoms with Crippen LogP contribution in [-0.4, -0.2) is 16.8 Å². The summed E-state index contributed by atoms with van der Waals surface area (Å²) < 4.78 is 13.0. The molecule has 0 spiro atoms. The van der Waals surface area contributed by atoms with Crippen LogP contribution in [0.3, 0.4) is 0 Å². The van der Waals surface area contributed by atoms with Crippen molar-refractivity contribution in [3.63, 3.8) is 0 Å². The van der Waals surface area contributed by atoms with Crippen LogP contribution >= 0.6 is 11.6 Å². The van der Waals surface area contributed by atoms with Crippen molar-refractivity contribution in [3.8, 4) is 0 Å². The molecular weight excluding hydrogens is 195 g/mol. The first-order valence-electron chi connectivity index (χ1n) is 3.89. The highest BCUT2D eigenvalue weighted by Gasteiger charge is 2.12. The zero-order valence-electron chi connectivity index (χ0n) is 6.87. The van der Waals surface area contributed by atoms with Gasteiger partial charge in [0, 0.05) is 23.6 Å². The quantitative estimate of drug-likeness (QED) is 0.790. The first kappa shape index (κ1) is 10.4. The molecule has 1 atom stereocenters. The zero-order valence-corrected chi connectivity index (χ0v) is 7.63. The van der Waals surface area contributed by atoms with E-state index in [2.05, 4.69) is 0 Å². The van der Waals surface area contributed by atoms with Crippen molar-refractivity contribution in [2.75, 3.05) is 6.61 Å². The summed E-state index contributed by atoms with van der Waals surface area (Å²) in [4.78, 5) is 0. The van der Waals surface area contributed by atoms with Crippen molar-refractivity contribution < 1.29 is 14.6 Å². The van der Waals surface area contributed by atoms with Crippen LogP contribution < -0.4 is 0 Å². The highest BCUT2D eigenvalue weighted by atomic mass is 35.5. The smallest absolute Gasteiger partial charge is 0.129 e. The predicted octanol–water partition coefficient (Wildman–Crippen LogP) is 1.89. The molecular formula is C9H10ClFO2. The molecule has 72 valence electrons. The Morgan fingerprint density at radius 1 is 1.46 bits per heavy atom. The van der Waals surface area contributed by atoms with Crippen LogP contribution in [-0.2, 0) is 0 Å². The predicted molar refractivity (Wildman–Crippen MR) is 48.1 cm³/mol. The van der Waals surface area contributed by atoms with E-state index in [1.807, 2.05) is 0 Å². The van der Waals surface area contributed by atoms with Gasteiger partial charge in [0.1, 0.15) is 5.82 Å². The van der Waals surface area contributed by atoms with E-state index >= 15 is 0 Å². The van der Waals surface area contributed by atoms with Crippen molar-refractivity contribution in [1.82, 2.24) is 0 Å². The average molecular weight is 205 g/mol. The standard InChI is InChI=1S/C9H10ClFO2/c10-6-1-2-8(11)7(5-6)9(13)3-4-12/h1-2,5,9,12-13H,3-4H2. The van der Waals surface area contributed by atoms with Crippen LogP contribution in [0.4, 0.5) is 4.39 Å². The van der Waals surface area contributed by atoms with E-state index in [1.54, 1.807) is 0 Å². The second kappa shape index (κ2) is 4.56. The first-order chi connectivity index (χ1) is 6.15. The summed E-state index contributed by atoms with van der Waals surface area (Å²) in [6.07, 6.45) is -0.888. The van der Waals surface area contributed by atoms with Crippen LogP contribution in [0.2, 0.25) is 5.02 Å². The van der Waals surface area contributed by atoms with Crippen molar-refractivity contribution in [2.24, 2.45) is 0 Å². The van der Waals surface area contributed by atoms with E-state index in [0.29, 0.717) is 5.02 Å². The van der Waals surface area contributed by atoms with Crippen LogP contribution in [0.1, 0.15) is 18.1 Å². The van der Waals surface area contributed by atoms with E-state index in [1.165, 1.54) is 18.2 Å². The minimum Gasteiger partial charge on any atom is -0.396 e. The summed E-state index contributed by atoms with van der Waals surface area (Å²) in [5, 5.41) is 18.3. The van der Waals surface area contributed by atoms with Gasteiger partial charge in [-0.2, -0.15) is 0 Å². The van der Waals surface area contributed by atoms with Crippen LogP contribution in [0, 0.1) is 5.82 Å². The molecule has 0 bridgehead atoms. The summed E-state index contributed by atoms with van der Waals surface area (Å²) in [5.74, 6) is -0.509. The maximum atomic E-state index is 13.0. The van der Waals surface area contributed by atoms with Crippen LogP contribution in [0.25, 0.3) is 0 Å². The van der Waals surface area contributed by atoms with Crippen LogP contribution in [0.5, 0.6) is 0 Å². The number of rotatable bonds is 3. The molecule has 1 rings (SSSR count). The highest BCUT2D eigenvalue weighted by Crippen LogP contribution is 2.23. The summed E-state index contributed by atoms with van der Waals surface area (Å²) in [7, 11) is 0. The molecule has 0 aliphatic heterocycles. The number of halogens is 2. The lowest BCUT2D eigenvalue weighted by atomic mass is 10.1. The van der Waals surface area contributed by atoms with E-state index < -0.39 is 11.9 Å². The Kier molecular flexibility index (Phi) is 3.66. The lowest BCUT2D eigenvalue weighted by Gasteiger charge is -2.10. The normalized spacial score (nSPS) is 12.9. The minimum absolute atomic E-state index is 0.108. The third-order valence-electron chi connectivity index (χ3n) is 1.72. The fraction of sp³-hybridized carbons (Fsp3) is 0.333. The molecule has 0 saturated heterocycles. The van der Waals surface area contributed by atoms with Gasteiger partial charge in [-0.05, 0) is 18.2 Å². The second-order valence-electron chi connectivity index (χ2n) is 2.69. The van der Waals surface area contributed by atoms with Gasteiger partial charge in [-0.15, -0.1) is 0 Å². The first-order valence-corrected chi connectivity index (χ1v) is 4.27. The SMILES string of the molecule is OCCC(O)c1cc(Cl)ccc1F. The molecule has 4 heteroatoms. The molecule has 2 nitrogen and oxygen atoms in total. The fourth-order valence-electron chi connectivity index (χ4n) is 1.05. The molecule has 0 heterocycles. The fourth-order valence-corrected chi connectivity index (χ4v) is 1.23. The second-order valence-corrected chi connectivity index (χ2v) is 3.13. The number of hydrogen-bond donors (Lipinski definition) is 2. The Morgan fingerprint density at radius 2 is 2.15 bits per heavy atom. The van der Waals surface area contributed by atoms with Crippen molar-refractivity contribution >= 4 is 11.6 Å². The highest BCUT2D eigenvalue weighted by molar-refractivity contribution is 6.30. The molecule has 0 aliphatic carbocycles. The Bertz CT molecular complexity index is 291. The third kappa shape index (κ3) is 2.66. The van der Waals surface area contributed by atoms with Gasteiger partial charge >= 0.3 is 0 Å². The Labute approximate surface area is 80.6 Å². The Morgan fingerprint density at radius 3 is 2.77 bits per heavy atom. The maximum absolute atomic E-state index is 13.0. The van der Waals surface area contributed by atoms with Crippen LogP contribution in [0.15, 0.2) is 18.2 Å². The van der Waals surface area contributed by atoms with Crippen molar-refractivity contribution in [3.05, 3.63) is 34.6 Å².